The molecule has 0 aromatic carbocycles. The Balaban J connectivity index is 0.00000264. The van der Waals surface area contributed by atoms with E-state index in [0.29, 0.717) is 24.7 Å². The highest BCUT2D eigenvalue weighted by Gasteiger charge is 2.31. The zero-order valence-electron chi connectivity index (χ0n) is 14.7. The van der Waals surface area contributed by atoms with Crippen LogP contribution in [0, 0.1) is 5.41 Å². The summed E-state index contributed by atoms with van der Waals surface area (Å²) >= 11 is 0. The van der Waals surface area contributed by atoms with Crippen molar-refractivity contribution in [3.8, 4) is 0 Å². The molecule has 0 aromatic heterocycles. The largest absolute Gasteiger partial charge is 0.377 e. The first-order chi connectivity index (χ1) is 10.8. The van der Waals surface area contributed by atoms with Crippen LogP contribution in [0.1, 0.15) is 51.9 Å². The summed E-state index contributed by atoms with van der Waals surface area (Å²) in [6, 6.07) is 0. The molecule has 0 amide bonds. The van der Waals surface area contributed by atoms with Crippen LogP contribution in [0.4, 0.5) is 0 Å². The minimum Gasteiger partial charge on any atom is -0.377 e. The summed E-state index contributed by atoms with van der Waals surface area (Å²) in [5.41, 5.74) is 0.480. The number of guanidine groups is 1. The molecular formula is C17H34IN3O2. The van der Waals surface area contributed by atoms with E-state index in [-0.39, 0.29) is 24.0 Å². The van der Waals surface area contributed by atoms with Crippen LogP contribution in [-0.2, 0) is 9.47 Å². The molecule has 0 aromatic rings. The summed E-state index contributed by atoms with van der Waals surface area (Å²) < 4.78 is 11.2. The van der Waals surface area contributed by atoms with E-state index >= 15 is 0 Å². The van der Waals surface area contributed by atoms with Crippen LogP contribution < -0.4 is 10.6 Å². The molecule has 1 aliphatic carbocycles. The Bertz CT molecular complexity index is 341. The fourth-order valence-electron chi connectivity index (χ4n) is 3.50. The van der Waals surface area contributed by atoms with Gasteiger partial charge in [-0.25, -0.2) is 0 Å². The first kappa shape index (κ1) is 21.0. The van der Waals surface area contributed by atoms with Gasteiger partial charge in [0.1, 0.15) is 0 Å². The summed E-state index contributed by atoms with van der Waals surface area (Å²) in [5, 5.41) is 6.83. The first-order valence-electron chi connectivity index (χ1n) is 8.92. The van der Waals surface area contributed by atoms with Crippen LogP contribution >= 0.6 is 24.0 Å². The van der Waals surface area contributed by atoms with Crippen molar-refractivity contribution < 1.29 is 9.47 Å². The number of hydrogen-bond donors (Lipinski definition) is 2. The molecule has 136 valence electrons. The molecule has 1 atom stereocenters. The highest BCUT2D eigenvalue weighted by atomic mass is 127. The van der Waals surface area contributed by atoms with E-state index in [9.17, 15) is 0 Å². The SMILES string of the molecule is CCC1(CNC(=NC)NCCOCC2CCCO2)CCCC1.I. The van der Waals surface area contributed by atoms with Gasteiger partial charge in [-0.3, -0.25) is 4.99 Å². The lowest BCUT2D eigenvalue weighted by molar-refractivity contribution is 0.0191. The van der Waals surface area contributed by atoms with Gasteiger partial charge in [0.15, 0.2) is 5.96 Å². The second kappa shape index (κ2) is 11.5. The smallest absolute Gasteiger partial charge is 0.191 e. The molecule has 1 aliphatic heterocycles. The number of halogens is 1. The van der Waals surface area contributed by atoms with Gasteiger partial charge in [-0.1, -0.05) is 19.8 Å². The van der Waals surface area contributed by atoms with E-state index in [1.165, 1.54) is 38.5 Å². The number of hydrogen-bond acceptors (Lipinski definition) is 3. The standard InChI is InChI=1S/C17H33N3O2.HI/c1-3-17(8-4-5-9-17)14-20-16(18-2)19-10-12-21-13-15-7-6-11-22-15;/h15H,3-14H2,1-2H3,(H2,18,19,20);1H. The number of rotatable bonds is 8. The van der Waals surface area contributed by atoms with E-state index in [1.54, 1.807) is 0 Å². The van der Waals surface area contributed by atoms with E-state index in [1.807, 2.05) is 7.05 Å². The normalized spacial score (nSPS) is 23.6. The van der Waals surface area contributed by atoms with Gasteiger partial charge in [-0.15, -0.1) is 24.0 Å². The Morgan fingerprint density at radius 3 is 2.65 bits per heavy atom. The van der Waals surface area contributed by atoms with E-state index < -0.39 is 0 Å². The van der Waals surface area contributed by atoms with Crippen molar-refractivity contribution in [3.63, 3.8) is 0 Å². The van der Waals surface area contributed by atoms with Gasteiger partial charge in [0.2, 0.25) is 0 Å². The zero-order valence-corrected chi connectivity index (χ0v) is 17.1. The molecule has 6 heteroatoms. The second-order valence-electron chi connectivity index (χ2n) is 6.62. The minimum atomic E-state index is 0. The van der Waals surface area contributed by atoms with Crippen LogP contribution in [0.5, 0.6) is 0 Å². The third-order valence-corrected chi connectivity index (χ3v) is 5.14. The Hall–Kier alpha value is -0.0800. The first-order valence-corrected chi connectivity index (χ1v) is 8.92. The molecule has 0 bridgehead atoms. The molecule has 1 saturated heterocycles. The van der Waals surface area contributed by atoms with E-state index in [0.717, 1.165) is 32.1 Å². The molecule has 23 heavy (non-hydrogen) atoms. The lowest BCUT2D eigenvalue weighted by Gasteiger charge is -2.28. The maximum atomic E-state index is 5.66. The van der Waals surface area contributed by atoms with Crippen LogP contribution in [0.3, 0.4) is 0 Å². The van der Waals surface area contributed by atoms with Gasteiger partial charge >= 0.3 is 0 Å². The Kier molecular flexibility index (Phi) is 10.5. The maximum Gasteiger partial charge on any atom is 0.191 e. The summed E-state index contributed by atoms with van der Waals surface area (Å²) in [5.74, 6) is 0.889. The molecule has 0 radical (unpaired) electrons. The average molecular weight is 439 g/mol. The summed E-state index contributed by atoms with van der Waals surface area (Å²) in [6.45, 7) is 6.42. The van der Waals surface area contributed by atoms with Crippen LogP contribution in [0.2, 0.25) is 0 Å². The molecule has 1 heterocycles. The van der Waals surface area contributed by atoms with E-state index in [2.05, 4.69) is 22.5 Å². The molecule has 1 saturated carbocycles. The lowest BCUT2D eigenvalue weighted by Crippen LogP contribution is -2.43. The van der Waals surface area contributed by atoms with Crippen molar-refractivity contribution in [1.29, 1.82) is 0 Å². The van der Waals surface area contributed by atoms with Crippen LogP contribution in [0.15, 0.2) is 4.99 Å². The molecular weight excluding hydrogens is 405 g/mol. The quantitative estimate of drug-likeness (QED) is 0.264. The van der Waals surface area contributed by atoms with Gasteiger partial charge in [0, 0.05) is 26.7 Å². The second-order valence-corrected chi connectivity index (χ2v) is 6.62. The summed E-state index contributed by atoms with van der Waals surface area (Å²) in [6.07, 6.45) is 9.30. The topological polar surface area (TPSA) is 54.9 Å². The minimum absolute atomic E-state index is 0. The maximum absolute atomic E-state index is 5.66. The van der Waals surface area contributed by atoms with Crippen LogP contribution in [0.25, 0.3) is 0 Å². The molecule has 2 aliphatic rings. The fourth-order valence-corrected chi connectivity index (χ4v) is 3.50. The predicted molar refractivity (Wildman–Crippen MR) is 106 cm³/mol. The molecule has 1 unspecified atom stereocenters. The number of nitrogens with one attached hydrogen (secondary N) is 2. The monoisotopic (exact) mass is 439 g/mol. The lowest BCUT2D eigenvalue weighted by atomic mass is 9.83. The van der Waals surface area contributed by atoms with Crippen molar-refractivity contribution >= 4 is 29.9 Å². The Morgan fingerprint density at radius 2 is 2.04 bits per heavy atom. The third kappa shape index (κ3) is 7.13. The molecule has 5 nitrogen and oxygen atoms in total. The number of ether oxygens (including phenoxy) is 2. The number of nitrogens with zero attached hydrogens (tertiary/aromatic N) is 1. The molecule has 0 spiro atoms. The van der Waals surface area contributed by atoms with Gasteiger partial charge in [-0.2, -0.15) is 0 Å². The van der Waals surface area contributed by atoms with Crippen molar-refractivity contribution in [2.75, 3.05) is 40.0 Å². The summed E-state index contributed by atoms with van der Waals surface area (Å²) in [7, 11) is 1.83. The van der Waals surface area contributed by atoms with Crippen molar-refractivity contribution in [3.05, 3.63) is 0 Å². The van der Waals surface area contributed by atoms with Crippen molar-refractivity contribution in [1.82, 2.24) is 10.6 Å². The van der Waals surface area contributed by atoms with E-state index in [4.69, 9.17) is 9.47 Å². The zero-order chi connectivity index (χ0) is 15.7. The fraction of sp³-hybridized carbons (Fsp3) is 0.941. The average Bonchev–Trinajstić information content (AvgIpc) is 3.22. The third-order valence-electron chi connectivity index (χ3n) is 5.14. The summed E-state index contributed by atoms with van der Waals surface area (Å²) in [4.78, 5) is 4.30. The molecule has 2 fully saturated rings. The van der Waals surface area contributed by atoms with Crippen molar-refractivity contribution in [2.24, 2.45) is 10.4 Å². The Labute approximate surface area is 158 Å². The molecule has 2 N–H and O–H groups in total. The van der Waals surface area contributed by atoms with Gasteiger partial charge in [-0.05, 0) is 37.5 Å². The number of aliphatic imine (C=N–C) groups is 1. The Morgan fingerprint density at radius 1 is 1.26 bits per heavy atom. The van der Waals surface area contributed by atoms with Crippen molar-refractivity contribution in [2.45, 2.75) is 58.0 Å². The van der Waals surface area contributed by atoms with Gasteiger partial charge in [0.05, 0.1) is 19.3 Å². The predicted octanol–water partition coefficient (Wildman–Crippen LogP) is 2.94. The highest BCUT2D eigenvalue weighted by molar-refractivity contribution is 14.0. The highest BCUT2D eigenvalue weighted by Crippen LogP contribution is 2.40. The van der Waals surface area contributed by atoms with Gasteiger partial charge in [0.25, 0.3) is 0 Å². The van der Waals surface area contributed by atoms with Crippen LogP contribution in [-0.4, -0.2) is 52.0 Å². The molecule has 2 rings (SSSR count). The van der Waals surface area contributed by atoms with Gasteiger partial charge < -0.3 is 20.1 Å².